The molecule has 0 aliphatic heterocycles. The number of methoxy groups -OCH3 is 1. The van der Waals surface area contributed by atoms with Gasteiger partial charge in [0.1, 0.15) is 5.75 Å². The van der Waals surface area contributed by atoms with E-state index in [4.69, 9.17) is 4.74 Å². The van der Waals surface area contributed by atoms with E-state index in [1.165, 1.54) is 25.5 Å². The van der Waals surface area contributed by atoms with Crippen molar-refractivity contribution in [3.63, 3.8) is 0 Å². The van der Waals surface area contributed by atoms with Gasteiger partial charge in [0, 0.05) is 3.57 Å². The Hall–Kier alpha value is -1.55. The van der Waals surface area contributed by atoms with Crippen LogP contribution in [0.5, 0.6) is 5.75 Å². The maximum atomic E-state index is 5.20. The molecule has 0 N–H and O–H groups in total. The highest BCUT2D eigenvalue weighted by Crippen LogP contribution is 2.32. The fourth-order valence-electron chi connectivity index (χ4n) is 2.23. The summed E-state index contributed by atoms with van der Waals surface area (Å²) in [5.41, 5.74) is 2.48. The molecule has 0 unspecified atom stereocenters. The molecule has 0 amide bonds. The minimum atomic E-state index is 0.888. The largest absolute Gasteiger partial charge is 0.497 e. The van der Waals surface area contributed by atoms with Crippen molar-refractivity contribution < 1.29 is 4.74 Å². The minimum absolute atomic E-state index is 0.888. The van der Waals surface area contributed by atoms with Gasteiger partial charge in [-0.25, -0.2) is 0 Å². The molecule has 3 rings (SSSR count). The fraction of sp³-hybridized carbons (Fsp3) is 0.0588. The van der Waals surface area contributed by atoms with Crippen molar-refractivity contribution in [3.05, 3.63) is 64.2 Å². The van der Waals surface area contributed by atoms with Gasteiger partial charge in [-0.15, -0.1) is 0 Å². The van der Waals surface area contributed by atoms with Crippen LogP contribution in [-0.4, -0.2) is 7.11 Å². The third kappa shape index (κ3) is 2.32. The van der Waals surface area contributed by atoms with Crippen LogP contribution in [-0.2, 0) is 0 Å². The van der Waals surface area contributed by atoms with Crippen molar-refractivity contribution in [2.75, 3.05) is 7.11 Å². The van der Waals surface area contributed by atoms with Crippen LogP contribution in [0.1, 0.15) is 0 Å². The monoisotopic (exact) mass is 360 g/mol. The van der Waals surface area contributed by atoms with E-state index in [9.17, 15) is 0 Å². The van der Waals surface area contributed by atoms with E-state index < -0.39 is 0 Å². The van der Waals surface area contributed by atoms with Crippen LogP contribution in [0.2, 0.25) is 0 Å². The van der Waals surface area contributed by atoms with Gasteiger partial charge in [0.2, 0.25) is 0 Å². The lowest BCUT2D eigenvalue weighted by atomic mass is 10.0. The zero-order valence-electron chi connectivity index (χ0n) is 10.6. The van der Waals surface area contributed by atoms with Gasteiger partial charge in [-0.05, 0) is 56.6 Å². The highest BCUT2D eigenvalue weighted by molar-refractivity contribution is 14.1. The molecule has 0 aliphatic carbocycles. The van der Waals surface area contributed by atoms with E-state index >= 15 is 0 Å². The number of ether oxygens (including phenoxy) is 1. The zero-order valence-corrected chi connectivity index (χ0v) is 12.7. The Bertz CT molecular complexity index is 717. The molecule has 3 aromatic carbocycles. The predicted molar refractivity (Wildman–Crippen MR) is 88.7 cm³/mol. The second-order valence-electron chi connectivity index (χ2n) is 4.38. The molecule has 0 radical (unpaired) electrons. The molecule has 0 fully saturated rings. The average molecular weight is 360 g/mol. The summed E-state index contributed by atoms with van der Waals surface area (Å²) in [5, 5.41) is 2.58. The number of fused-ring (bicyclic) bond motifs is 1. The fourth-order valence-corrected chi connectivity index (χ4v) is 3.21. The third-order valence-electron chi connectivity index (χ3n) is 3.26. The van der Waals surface area contributed by atoms with Crippen molar-refractivity contribution in [1.29, 1.82) is 0 Å². The molecule has 94 valence electrons. The molecule has 3 aromatic rings. The van der Waals surface area contributed by atoms with Gasteiger partial charge >= 0.3 is 0 Å². The summed E-state index contributed by atoms with van der Waals surface area (Å²) in [6, 6.07) is 21.0. The van der Waals surface area contributed by atoms with Crippen LogP contribution in [0.25, 0.3) is 21.9 Å². The standard InChI is InChI=1S/C17H13IO/c1-19-14-9-6-13(7-10-14)16-11-8-12-4-2-3-5-15(12)17(16)18/h2-11H,1H3. The topological polar surface area (TPSA) is 9.23 Å². The molecule has 0 aromatic heterocycles. The number of hydrogen-bond donors (Lipinski definition) is 0. The van der Waals surface area contributed by atoms with Crippen LogP contribution in [0.15, 0.2) is 60.7 Å². The lowest BCUT2D eigenvalue weighted by Gasteiger charge is -2.09. The first-order valence-corrected chi connectivity index (χ1v) is 7.19. The number of benzene rings is 3. The summed E-state index contributed by atoms with van der Waals surface area (Å²) in [6.45, 7) is 0. The smallest absolute Gasteiger partial charge is 0.118 e. The van der Waals surface area contributed by atoms with Gasteiger partial charge in [0.25, 0.3) is 0 Å². The van der Waals surface area contributed by atoms with Gasteiger partial charge in [-0.3, -0.25) is 0 Å². The summed E-state index contributed by atoms with van der Waals surface area (Å²) >= 11 is 2.43. The number of halogens is 1. The molecular formula is C17H13IO. The zero-order chi connectivity index (χ0) is 13.2. The molecular weight excluding hydrogens is 347 g/mol. The Morgan fingerprint density at radius 3 is 2.32 bits per heavy atom. The molecule has 0 aliphatic rings. The second-order valence-corrected chi connectivity index (χ2v) is 5.46. The summed E-state index contributed by atoms with van der Waals surface area (Å²) in [5.74, 6) is 0.888. The quantitative estimate of drug-likeness (QED) is 0.577. The van der Waals surface area contributed by atoms with Gasteiger partial charge in [0.15, 0.2) is 0 Å². The first-order valence-electron chi connectivity index (χ1n) is 6.11. The van der Waals surface area contributed by atoms with Crippen molar-refractivity contribution in [2.45, 2.75) is 0 Å². The molecule has 19 heavy (non-hydrogen) atoms. The molecule has 0 saturated heterocycles. The molecule has 1 nitrogen and oxygen atoms in total. The summed E-state index contributed by atoms with van der Waals surface area (Å²) in [7, 11) is 1.69. The molecule has 0 heterocycles. The van der Waals surface area contributed by atoms with Crippen LogP contribution < -0.4 is 4.74 Å². The van der Waals surface area contributed by atoms with Crippen molar-refractivity contribution >= 4 is 33.4 Å². The molecule has 0 bridgehead atoms. The Morgan fingerprint density at radius 2 is 1.58 bits per heavy atom. The Balaban J connectivity index is 2.16. The van der Waals surface area contributed by atoms with E-state index in [0.717, 1.165) is 5.75 Å². The van der Waals surface area contributed by atoms with E-state index in [2.05, 4.69) is 71.1 Å². The van der Waals surface area contributed by atoms with Crippen molar-refractivity contribution in [3.8, 4) is 16.9 Å². The number of rotatable bonds is 2. The average Bonchev–Trinajstić information content (AvgIpc) is 2.48. The lowest BCUT2D eigenvalue weighted by molar-refractivity contribution is 0.415. The summed E-state index contributed by atoms with van der Waals surface area (Å²) in [4.78, 5) is 0. The highest BCUT2D eigenvalue weighted by atomic mass is 127. The van der Waals surface area contributed by atoms with E-state index in [0.29, 0.717) is 0 Å². The predicted octanol–water partition coefficient (Wildman–Crippen LogP) is 5.12. The van der Waals surface area contributed by atoms with E-state index in [-0.39, 0.29) is 0 Å². The Kier molecular flexibility index (Phi) is 3.42. The van der Waals surface area contributed by atoms with Crippen LogP contribution in [0.3, 0.4) is 0 Å². The second kappa shape index (κ2) is 5.21. The summed E-state index contributed by atoms with van der Waals surface area (Å²) in [6.07, 6.45) is 0. The van der Waals surface area contributed by atoms with Crippen molar-refractivity contribution in [1.82, 2.24) is 0 Å². The Morgan fingerprint density at radius 1 is 0.842 bits per heavy atom. The summed E-state index contributed by atoms with van der Waals surface area (Å²) < 4.78 is 6.50. The van der Waals surface area contributed by atoms with Gasteiger partial charge in [-0.1, -0.05) is 48.5 Å². The highest BCUT2D eigenvalue weighted by Gasteiger charge is 2.06. The normalized spacial score (nSPS) is 10.6. The van der Waals surface area contributed by atoms with E-state index in [1.807, 2.05) is 12.1 Å². The van der Waals surface area contributed by atoms with E-state index in [1.54, 1.807) is 7.11 Å². The molecule has 2 heteroatoms. The SMILES string of the molecule is COc1ccc(-c2ccc3ccccc3c2I)cc1. The number of hydrogen-bond acceptors (Lipinski definition) is 1. The maximum absolute atomic E-state index is 5.20. The van der Waals surface area contributed by atoms with Crippen molar-refractivity contribution in [2.24, 2.45) is 0 Å². The third-order valence-corrected chi connectivity index (χ3v) is 4.43. The first kappa shape index (κ1) is 12.5. The Labute approximate surface area is 126 Å². The van der Waals surface area contributed by atoms with Gasteiger partial charge in [0.05, 0.1) is 7.11 Å². The van der Waals surface area contributed by atoms with Crippen LogP contribution >= 0.6 is 22.6 Å². The van der Waals surface area contributed by atoms with Gasteiger partial charge < -0.3 is 4.74 Å². The van der Waals surface area contributed by atoms with Crippen LogP contribution in [0, 0.1) is 3.57 Å². The first-order chi connectivity index (χ1) is 9.29. The van der Waals surface area contributed by atoms with Gasteiger partial charge in [-0.2, -0.15) is 0 Å². The lowest BCUT2D eigenvalue weighted by Crippen LogP contribution is -1.86. The molecule has 0 atom stereocenters. The maximum Gasteiger partial charge on any atom is 0.118 e. The van der Waals surface area contributed by atoms with Crippen LogP contribution in [0.4, 0.5) is 0 Å². The minimum Gasteiger partial charge on any atom is -0.497 e. The molecule has 0 saturated carbocycles. The molecule has 0 spiro atoms.